The molecule has 0 atom stereocenters. The van der Waals surface area contributed by atoms with Crippen LogP contribution in [0.2, 0.25) is 5.02 Å². The molecule has 0 spiro atoms. The smallest absolute Gasteiger partial charge is 0.323 e. The number of nitrogens with zero attached hydrogens (tertiary/aromatic N) is 2. The third-order valence-corrected chi connectivity index (χ3v) is 5.62. The molecule has 2 aromatic heterocycles. The highest BCUT2D eigenvalue weighted by atomic mass is 35.5. The van der Waals surface area contributed by atoms with Crippen LogP contribution in [0, 0.1) is 20.8 Å². The van der Waals surface area contributed by atoms with Gasteiger partial charge in [0, 0.05) is 34.7 Å². The highest BCUT2D eigenvalue weighted by molar-refractivity contribution is 6.31. The Balaban J connectivity index is 1.47. The number of hydrogen-bond donors (Lipinski definition) is 2. The van der Waals surface area contributed by atoms with Crippen LogP contribution in [0.4, 0.5) is 16.2 Å². The third-order valence-electron chi connectivity index (χ3n) is 5.21. The Morgan fingerprint density at radius 1 is 1.06 bits per heavy atom. The lowest BCUT2D eigenvalue weighted by atomic mass is 10.2. The number of rotatable bonds is 5. The molecule has 7 nitrogen and oxygen atoms in total. The number of amides is 2. The maximum atomic E-state index is 12.5. The molecule has 0 saturated heterocycles. The van der Waals surface area contributed by atoms with Gasteiger partial charge in [0.05, 0.1) is 5.69 Å². The van der Waals surface area contributed by atoms with Gasteiger partial charge in [-0.05, 0) is 67.8 Å². The first-order valence-electron chi connectivity index (χ1n) is 10.4. The lowest BCUT2D eigenvalue weighted by molar-refractivity contribution is 0.262. The average Bonchev–Trinajstić information content (AvgIpc) is 2.77. The number of fused-ring (bicyclic) bond motifs is 1. The molecule has 4 aromatic rings. The summed E-state index contributed by atoms with van der Waals surface area (Å²) in [5, 5.41) is 6.18. The van der Waals surface area contributed by atoms with Gasteiger partial charge in [-0.2, -0.15) is 0 Å². The zero-order valence-electron chi connectivity index (χ0n) is 18.5. The number of pyridine rings is 1. The predicted octanol–water partition coefficient (Wildman–Crippen LogP) is 5.50. The Morgan fingerprint density at radius 3 is 2.70 bits per heavy atom. The molecule has 2 aromatic carbocycles. The molecular weight excluding hydrogens is 440 g/mol. The van der Waals surface area contributed by atoms with Gasteiger partial charge < -0.3 is 15.4 Å². The van der Waals surface area contributed by atoms with Gasteiger partial charge in [-0.3, -0.25) is 9.20 Å². The second-order valence-corrected chi connectivity index (χ2v) is 8.19. The van der Waals surface area contributed by atoms with E-state index in [1.165, 1.54) is 10.5 Å². The fourth-order valence-electron chi connectivity index (χ4n) is 3.34. The van der Waals surface area contributed by atoms with E-state index in [4.69, 9.17) is 16.3 Å². The largest absolute Gasteiger partial charge is 0.487 e. The Kier molecular flexibility index (Phi) is 6.33. The van der Waals surface area contributed by atoms with Gasteiger partial charge in [0.2, 0.25) is 0 Å². The number of aromatic nitrogens is 2. The van der Waals surface area contributed by atoms with Crippen LogP contribution in [0.3, 0.4) is 0 Å². The number of halogens is 1. The fraction of sp³-hybridized carbons (Fsp3) is 0.160. The van der Waals surface area contributed by atoms with Gasteiger partial charge >= 0.3 is 6.03 Å². The summed E-state index contributed by atoms with van der Waals surface area (Å²) in [5.41, 5.74) is 4.82. The molecule has 4 rings (SSSR count). The molecule has 0 aliphatic heterocycles. The number of nitrogens with one attached hydrogen (secondary N) is 2. The van der Waals surface area contributed by atoms with E-state index < -0.39 is 6.03 Å². The summed E-state index contributed by atoms with van der Waals surface area (Å²) < 4.78 is 7.43. The summed E-state index contributed by atoms with van der Waals surface area (Å²) in [5.74, 6) is 0.581. The molecule has 0 saturated carbocycles. The zero-order valence-corrected chi connectivity index (χ0v) is 19.2. The summed E-state index contributed by atoms with van der Waals surface area (Å²) in [4.78, 5) is 29.3. The molecule has 168 valence electrons. The zero-order chi connectivity index (χ0) is 23.5. The van der Waals surface area contributed by atoms with Crippen molar-refractivity contribution in [3.05, 3.63) is 98.6 Å². The van der Waals surface area contributed by atoms with Gasteiger partial charge in [0.25, 0.3) is 5.56 Å². The number of aryl methyl sites for hydroxylation is 2. The van der Waals surface area contributed by atoms with E-state index in [0.29, 0.717) is 33.5 Å². The molecule has 33 heavy (non-hydrogen) atoms. The second-order valence-electron chi connectivity index (χ2n) is 7.78. The van der Waals surface area contributed by atoms with Crippen LogP contribution in [0.15, 0.2) is 65.6 Å². The molecule has 0 bridgehead atoms. The minimum absolute atomic E-state index is 0.123. The number of carbonyl (C=O) groups is 1. The van der Waals surface area contributed by atoms with Crippen molar-refractivity contribution in [1.29, 1.82) is 0 Å². The quantitative estimate of drug-likeness (QED) is 0.410. The number of ether oxygens (including phenoxy) is 1. The first kappa shape index (κ1) is 22.4. The van der Waals surface area contributed by atoms with Crippen molar-refractivity contribution in [2.75, 3.05) is 10.6 Å². The van der Waals surface area contributed by atoms with Crippen LogP contribution >= 0.6 is 11.6 Å². The predicted molar refractivity (Wildman–Crippen MR) is 131 cm³/mol. The lowest BCUT2D eigenvalue weighted by Gasteiger charge is -2.13. The maximum absolute atomic E-state index is 12.5. The van der Waals surface area contributed by atoms with E-state index in [0.717, 1.165) is 16.7 Å². The maximum Gasteiger partial charge on any atom is 0.323 e. The molecule has 0 aliphatic rings. The van der Waals surface area contributed by atoms with Gasteiger partial charge in [0.1, 0.15) is 18.0 Å². The van der Waals surface area contributed by atoms with Crippen molar-refractivity contribution in [3.63, 3.8) is 0 Å². The third kappa shape index (κ3) is 5.15. The summed E-state index contributed by atoms with van der Waals surface area (Å²) in [7, 11) is 0. The van der Waals surface area contributed by atoms with Crippen LogP contribution in [0.1, 0.15) is 22.4 Å². The van der Waals surface area contributed by atoms with E-state index in [1.54, 1.807) is 36.5 Å². The van der Waals surface area contributed by atoms with Gasteiger partial charge in [-0.25, -0.2) is 9.78 Å². The molecule has 8 heteroatoms. The Hall–Kier alpha value is -3.84. The van der Waals surface area contributed by atoms with Crippen LogP contribution in [-0.2, 0) is 6.61 Å². The molecule has 2 N–H and O–H groups in total. The van der Waals surface area contributed by atoms with Crippen molar-refractivity contribution in [2.45, 2.75) is 27.4 Å². The van der Waals surface area contributed by atoms with Crippen molar-refractivity contribution >= 4 is 34.7 Å². The number of carbonyl (C=O) groups excluding carboxylic acids is 1. The summed E-state index contributed by atoms with van der Waals surface area (Å²) in [6.45, 7) is 5.81. The van der Waals surface area contributed by atoms with Gasteiger partial charge in [-0.15, -0.1) is 0 Å². The molecule has 0 fully saturated rings. The van der Waals surface area contributed by atoms with Crippen molar-refractivity contribution in [1.82, 2.24) is 9.38 Å². The highest BCUT2D eigenvalue weighted by Gasteiger charge is 2.10. The van der Waals surface area contributed by atoms with Crippen LogP contribution < -0.4 is 20.9 Å². The van der Waals surface area contributed by atoms with Crippen molar-refractivity contribution < 1.29 is 9.53 Å². The molecular formula is C25H23ClN4O3. The second kappa shape index (κ2) is 9.34. The minimum Gasteiger partial charge on any atom is -0.487 e. The fourth-order valence-corrected chi connectivity index (χ4v) is 3.51. The number of hydrogen-bond acceptors (Lipinski definition) is 4. The van der Waals surface area contributed by atoms with Gasteiger partial charge in [-0.1, -0.05) is 23.7 Å². The Labute approximate surface area is 196 Å². The van der Waals surface area contributed by atoms with E-state index in [2.05, 4.69) is 15.6 Å². The standard InChI is InChI=1S/C25H23ClN4O3/c1-15-9-10-30-23(11-15)27-19(13-24(30)31)14-33-22-12-18(8-7-16(22)2)28-25(32)29-21-6-4-5-20(26)17(21)3/h4-13H,14H2,1-3H3,(H2,28,29,32). The molecule has 0 radical (unpaired) electrons. The SMILES string of the molecule is Cc1ccn2c(=O)cc(COc3cc(NC(=O)Nc4cccc(Cl)c4C)ccc3C)nc2c1. The van der Waals surface area contributed by atoms with Crippen LogP contribution in [0.5, 0.6) is 5.75 Å². The monoisotopic (exact) mass is 462 g/mol. The van der Waals surface area contributed by atoms with E-state index in [-0.39, 0.29) is 12.2 Å². The number of benzene rings is 2. The van der Waals surface area contributed by atoms with Crippen molar-refractivity contribution in [2.24, 2.45) is 0 Å². The average molecular weight is 463 g/mol. The Bertz CT molecular complexity index is 1410. The van der Waals surface area contributed by atoms with Crippen LogP contribution in [-0.4, -0.2) is 15.4 Å². The normalized spacial score (nSPS) is 10.8. The molecule has 0 aliphatic carbocycles. The molecule has 2 heterocycles. The van der Waals surface area contributed by atoms with Gasteiger partial charge in [0.15, 0.2) is 0 Å². The van der Waals surface area contributed by atoms with E-state index in [9.17, 15) is 9.59 Å². The summed E-state index contributed by atoms with van der Waals surface area (Å²) in [6, 6.07) is 15.5. The first-order valence-corrected chi connectivity index (χ1v) is 10.7. The topological polar surface area (TPSA) is 84.7 Å². The van der Waals surface area contributed by atoms with Crippen LogP contribution in [0.25, 0.3) is 5.65 Å². The van der Waals surface area contributed by atoms with Crippen molar-refractivity contribution in [3.8, 4) is 5.75 Å². The highest BCUT2D eigenvalue weighted by Crippen LogP contribution is 2.25. The Morgan fingerprint density at radius 2 is 1.88 bits per heavy atom. The number of anilines is 2. The van der Waals surface area contributed by atoms with E-state index >= 15 is 0 Å². The lowest BCUT2D eigenvalue weighted by Crippen LogP contribution is -2.20. The minimum atomic E-state index is -0.394. The molecule has 0 unspecified atom stereocenters. The van der Waals surface area contributed by atoms with E-state index in [1.807, 2.05) is 39.0 Å². The first-order chi connectivity index (χ1) is 15.8. The summed E-state index contributed by atoms with van der Waals surface area (Å²) >= 11 is 6.12. The molecule has 2 amide bonds. The number of urea groups is 1. The summed E-state index contributed by atoms with van der Waals surface area (Å²) in [6.07, 6.45) is 1.71.